The Morgan fingerprint density at radius 2 is 1.94 bits per heavy atom. The Balaban J connectivity index is 2.01. The van der Waals surface area contributed by atoms with E-state index in [-0.39, 0.29) is 16.1 Å². The maximum atomic E-state index is 14.0. The fourth-order valence-electron chi connectivity index (χ4n) is 2.67. The van der Waals surface area contributed by atoms with E-state index in [4.69, 9.17) is 0 Å². The summed E-state index contributed by atoms with van der Waals surface area (Å²) in [5.41, 5.74) is 1.60. The normalized spacial score (nSPS) is 21.7. The fourth-order valence-corrected chi connectivity index (χ4v) is 3.34. The standard InChI is InChI=1S/C14H15FO2S/c1-18(16,17)11-4-2-3-10(7-11)12-8-14(5-6-14)9-13(12)15/h2-4,7H,5-6,8-9H2,1H3. The lowest BCUT2D eigenvalue weighted by molar-refractivity contribution is 0.494. The molecule has 1 aromatic rings. The zero-order valence-electron chi connectivity index (χ0n) is 10.2. The lowest BCUT2D eigenvalue weighted by Gasteiger charge is -2.07. The average Bonchev–Trinajstić information content (AvgIpc) is 2.95. The van der Waals surface area contributed by atoms with Gasteiger partial charge in [-0.05, 0) is 47.9 Å². The highest BCUT2D eigenvalue weighted by molar-refractivity contribution is 7.90. The van der Waals surface area contributed by atoms with Crippen molar-refractivity contribution in [1.29, 1.82) is 0 Å². The second-order valence-corrected chi connectivity index (χ2v) is 7.55. The second kappa shape index (κ2) is 3.67. The third kappa shape index (κ3) is 1.99. The van der Waals surface area contributed by atoms with Crippen LogP contribution in [0.1, 0.15) is 31.2 Å². The van der Waals surface area contributed by atoms with Crippen molar-refractivity contribution in [2.75, 3.05) is 6.26 Å². The predicted octanol–water partition coefficient (Wildman–Crippen LogP) is 3.34. The summed E-state index contributed by atoms with van der Waals surface area (Å²) in [7, 11) is -3.23. The molecule has 0 saturated heterocycles. The highest BCUT2D eigenvalue weighted by Gasteiger charge is 2.48. The van der Waals surface area contributed by atoms with Crippen LogP contribution in [0, 0.1) is 5.41 Å². The molecule has 2 nitrogen and oxygen atoms in total. The summed E-state index contributed by atoms with van der Waals surface area (Å²) >= 11 is 0. The first-order valence-corrected chi connectivity index (χ1v) is 7.97. The number of allylic oxidation sites excluding steroid dienone is 2. The molecule has 0 atom stereocenters. The largest absolute Gasteiger partial charge is 0.224 e. The second-order valence-electron chi connectivity index (χ2n) is 5.54. The molecular formula is C14H15FO2S. The molecule has 18 heavy (non-hydrogen) atoms. The van der Waals surface area contributed by atoms with E-state index in [9.17, 15) is 12.8 Å². The Morgan fingerprint density at radius 3 is 2.50 bits per heavy atom. The summed E-state index contributed by atoms with van der Waals surface area (Å²) in [5, 5.41) is 0. The molecule has 1 spiro atoms. The molecule has 1 saturated carbocycles. The molecule has 0 bridgehead atoms. The molecule has 0 N–H and O–H groups in total. The lowest BCUT2D eigenvalue weighted by atomic mass is 9.99. The van der Waals surface area contributed by atoms with Crippen molar-refractivity contribution in [3.05, 3.63) is 35.7 Å². The SMILES string of the molecule is CS(=O)(=O)c1cccc(C2=C(F)CC3(CC3)C2)c1. The Bertz CT molecular complexity index is 640. The number of benzene rings is 1. The van der Waals surface area contributed by atoms with Gasteiger partial charge in [0.15, 0.2) is 9.84 Å². The van der Waals surface area contributed by atoms with Gasteiger partial charge in [0.2, 0.25) is 0 Å². The van der Waals surface area contributed by atoms with Crippen molar-refractivity contribution < 1.29 is 12.8 Å². The summed E-state index contributed by atoms with van der Waals surface area (Å²) in [6.07, 6.45) is 4.65. The molecule has 4 heteroatoms. The van der Waals surface area contributed by atoms with Crippen LogP contribution in [0.2, 0.25) is 0 Å². The smallest absolute Gasteiger partial charge is 0.175 e. The maximum absolute atomic E-state index is 14.0. The molecule has 2 aliphatic rings. The van der Waals surface area contributed by atoms with Crippen LogP contribution in [0.25, 0.3) is 5.57 Å². The molecule has 1 aromatic carbocycles. The first kappa shape index (κ1) is 11.9. The van der Waals surface area contributed by atoms with Crippen LogP contribution in [0.5, 0.6) is 0 Å². The minimum absolute atomic E-state index is 0.0573. The average molecular weight is 266 g/mol. The van der Waals surface area contributed by atoms with E-state index in [0.717, 1.165) is 24.8 Å². The first-order valence-electron chi connectivity index (χ1n) is 6.08. The molecule has 96 valence electrons. The van der Waals surface area contributed by atoms with Crippen molar-refractivity contribution in [3.63, 3.8) is 0 Å². The van der Waals surface area contributed by atoms with E-state index in [1.54, 1.807) is 24.3 Å². The topological polar surface area (TPSA) is 34.1 Å². The molecule has 0 aliphatic heterocycles. The highest BCUT2D eigenvalue weighted by Crippen LogP contribution is 2.61. The summed E-state index contributed by atoms with van der Waals surface area (Å²) in [6.45, 7) is 0. The van der Waals surface area contributed by atoms with E-state index in [1.165, 1.54) is 6.26 Å². The third-order valence-corrected chi connectivity index (χ3v) is 5.09. The Hall–Kier alpha value is -1.16. The summed E-state index contributed by atoms with van der Waals surface area (Å²) in [6, 6.07) is 6.62. The third-order valence-electron chi connectivity index (χ3n) is 3.98. The number of hydrogen-bond acceptors (Lipinski definition) is 2. The Kier molecular flexibility index (Phi) is 2.43. The van der Waals surface area contributed by atoms with E-state index in [2.05, 4.69) is 0 Å². The van der Waals surface area contributed by atoms with E-state index < -0.39 is 9.84 Å². The molecule has 2 aliphatic carbocycles. The number of halogens is 1. The van der Waals surface area contributed by atoms with Gasteiger partial charge in [0.25, 0.3) is 0 Å². The van der Waals surface area contributed by atoms with Crippen molar-refractivity contribution in [2.24, 2.45) is 5.41 Å². The minimum atomic E-state index is -3.23. The van der Waals surface area contributed by atoms with Gasteiger partial charge in [-0.25, -0.2) is 12.8 Å². The van der Waals surface area contributed by atoms with E-state index in [1.807, 2.05) is 0 Å². The molecule has 0 heterocycles. The molecule has 0 unspecified atom stereocenters. The van der Waals surface area contributed by atoms with Crippen LogP contribution >= 0.6 is 0 Å². The van der Waals surface area contributed by atoms with Gasteiger partial charge in [0.1, 0.15) is 5.83 Å². The molecule has 0 amide bonds. The number of rotatable bonds is 2. The van der Waals surface area contributed by atoms with Crippen LogP contribution in [0.3, 0.4) is 0 Å². The van der Waals surface area contributed by atoms with Crippen LogP contribution in [-0.4, -0.2) is 14.7 Å². The van der Waals surface area contributed by atoms with Crippen molar-refractivity contribution in [2.45, 2.75) is 30.6 Å². The molecular weight excluding hydrogens is 251 g/mol. The maximum Gasteiger partial charge on any atom is 0.175 e. The molecule has 0 radical (unpaired) electrons. The molecule has 3 rings (SSSR count). The van der Waals surface area contributed by atoms with Gasteiger partial charge in [-0.15, -0.1) is 0 Å². The minimum Gasteiger partial charge on any atom is -0.224 e. The van der Waals surface area contributed by atoms with Crippen LogP contribution in [0.15, 0.2) is 35.0 Å². The zero-order valence-corrected chi connectivity index (χ0v) is 11.1. The molecule has 1 fully saturated rings. The van der Waals surface area contributed by atoms with Gasteiger partial charge in [0.05, 0.1) is 4.90 Å². The van der Waals surface area contributed by atoms with E-state index in [0.29, 0.717) is 12.0 Å². The predicted molar refractivity (Wildman–Crippen MR) is 68.5 cm³/mol. The van der Waals surface area contributed by atoms with E-state index >= 15 is 0 Å². The highest BCUT2D eigenvalue weighted by atomic mass is 32.2. The van der Waals surface area contributed by atoms with Gasteiger partial charge >= 0.3 is 0 Å². The van der Waals surface area contributed by atoms with Crippen molar-refractivity contribution in [3.8, 4) is 0 Å². The van der Waals surface area contributed by atoms with Crippen molar-refractivity contribution >= 4 is 15.4 Å². The summed E-state index contributed by atoms with van der Waals surface area (Å²) in [4.78, 5) is 0.261. The van der Waals surface area contributed by atoms with Crippen LogP contribution in [-0.2, 0) is 9.84 Å². The van der Waals surface area contributed by atoms with Crippen LogP contribution < -0.4 is 0 Å². The van der Waals surface area contributed by atoms with Gasteiger partial charge in [-0.3, -0.25) is 0 Å². The lowest BCUT2D eigenvalue weighted by Crippen LogP contribution is -1.98. The first-order chi connectivity index (χ1) is 8.40. The Labute approximate surface area is 106 Å². The number of hydrogen-bond donors (Lipinski definition) is 0. The Morgan fingerprint density at radius 1 is 1.22 bits per heavy atom. The zero-order chi connectivity index (χ0) is 13.0. The van der Waals surface area contributed by atoms with Crippen LogP contribution in [0.4, 0.5) is 4.39 Å². The van der Waals surface area contributed by atoms with Gasteiger partial charge in [0, 0.05) is 12.7 Å². The number of sulfone groups is 1. The van der Waals surface area contributed by atoms with Crippen molar-refractivity contribution in [1.82, 2.24) is 0 Å². The van der Waals surface area contributed by atoms with Gasteiger partial charge in [-0.2, -0.15) is 0 Å². The summed E-state index contributed by atoms with van der Waals surface area (Å²) in [5.74, 6) is -0.0573. The van der Waals surface area contributed by atoms with Gasteiger partial charge < -0.3 is 0 Å². The molecule has 0 aromatic heterocycles. The van der Waals surface area contributed by atoms with Gasteiger partial charge in [-0.1, -0.05) is 12.1 Å². The quantitative estimate of drug-likeness (QED) is 0.822. The summed E-state index contributed by atoms with van der Waals surface area (Å²) < 4.78 is 37.0. The fraction of sp³-hybridized carbons (Fsp3) is 0.429. The monoisotopic (exact) mass is 266 g/mol.